The summed E-state index contributed by atoms with van der Waals surface area (Å²) in [6.45, 7) is 5.64. The lowest BCUT2D eigenvalue weighted by atomic mass is 9.87. The molecule has 0 unspecified atom stereocenters. The summed E-state index contributed by atoms with van der Waals surface area (Å²) in [5.74, 6) is -0.673. The van der Waals surface area contributed by atoms with Gasteiger partial charge in [0.2, 0.25) is 0 Å². The SMILES string of the molecule is C=CCN1CCCC[C@H]1c1c(CNC(=O)c2cccc(C(F)(F)F)c2Cl)cccc1-c1cnccn1. The predicted molar refractivity (Wildman–Crippen MR) is 133 cm³/mol. The topological polar surface area (TPSA) is 58.1 Å². The maximum absolute atomic E-state index is 13.3. The zero-order chi connectivity index (χ0) is 25.7. The molecular weight excluding hydrogens is 489 g/mol. The van der Waals surface area contributed by atoms with E-state index in [9.17, 15) is 18.0 Å². The average Bonchev–Trinajstić information content (AvgIpc) is 2.87. The molecule has 2 heterocycles. The Morgan fingerprint density at radius 1 is 1.19 bits per heavy atom. The first-order valence-corrected chi connectivity index (χ1v) is 12.1. The van der Waals surface area contributed by atoms with E-state index in [4.69, 9.17) is 11.6 Å². The second-order valence-corrected chi connectivity index (χ2v) is 8.99. The Balaban J connectivity index is 1.69. The van der Waals surface area contributed by atoms with Gasteiger partial charge in [0.15, 0.2) is 0 Å². The molecule has 0 bridgehead atoms. The van der Waals surface area contributed by atoms with Crippen molar-refractivity contribution in [3.8, 4) is 11.3 Å². The van der Waals surface area contributed by atoms with Crippen molar-refractivity contribution in [2.45, 2.75) is 38.0 Å². The van der Waals surface area contributed by atoms with Gasteiger partial charge in [-0.05, 0) is 42.6 Å². The van der Waals surface area contributed by atoms with Crippen LogP contribution in [0.25, 0.3) is 11.3 Å². The van der Waals surface area contributed by atoms with Crippen molar-refractivity contribution < 1.29 is 18.0 Å². The van der Waals surface area contributed by atoms with Gasteiger partial charge in [0.1, 0.15) is 0 Å². The summed E-state index contributed by atoms with van der Waals surface area (Å²) in [6, 6.07) is 9.18. The lowest BCUT2D eigenvalue weighted by molar-refractivity contribution is -0.137. The molecule has 1 aliphatic rings. The van der Waals surface area contributed by atoms with Gasteiger partial charge >= 0.3 is 6.18 Å². The number of likely N-dealkylation sites (tertiary alicyclic amines) is 1. The van der Waals surface area contributed by atoms with E-state index in [1.54, 1.807) is 18.6 Å². The van der Waals surface area contributed by atoms with Crippen LogP contribution in [-0.4, -0.2) is 33.9 Å². The van der Waals surface area contributed by atoms with Crippen molar-refractivity contribution in [1.82, 2.24) is 20.2 Å². The number of amides is 1. The van der Waals surface area contributed by atoms with Crippen molar-refractivity contribution in [3.05, 3.63) is 94.9 Å². The molecule has 5 nitrogen and oxygen atoms in total. The predicted octanol–water partition coefficient (Wildman–Crippen LogP) is 6.46. The minimum absolute atomic E-state index is 0.0685. The standard InChI is InChI=1S/C27H26ClF3N4O/c1-2-14-35-15-4-3-11-23(35)24-18(7-5-8-19(24)22-17-32-12-13-33-22)16-34-26(36)20-9-6-10-21(25(20)28)27(29,30)31/h2,5-10,12-13,17,23H,1,3-4,11,14-16H2,(H,34,36)/t23-/m0/s1. The number of rotatable bonds is 7. The molecule has 4 rings (SSSR count). The number of halogens is 4. The molecule has 2 aromatic carbocycles. The van der Waals surface area contributed by atoms with E-state index in [0.717, 1.165) is 48.6 Å². The molecule has 1 saturated heterocycles. The molecule has 9 heteroatoms. The smallest absolute Gasteiger partial charge is 0.348 e. The maximum Gasteiger partial charge on any atom is 0.417 e. The first kappa shape index (κ1) is 25.9. The van der Waals surface area contributed by atoms with Crippen LogP contribution in [0.3, 0.4) is 0 Å². The van der Waals surface area contributed by atoms with E-state index in [0.29, 0.717) is 12.2 Å². The molecule has 0 spiro atoms. The second kappa shape index (κ2) is 11.2. The molecule has 0 radical (unpaired) electrons. The number of carbonyl (C=O) groups is 1. The fourth-order valence-electron chi connectivity index (χ4n) is 4.72. The zero-order valence-electron chi connectivity index (χ0n) is 19.6. The highest BCUT2D eigenvalue weighted by molar-refractivity contribution is 6.34. The third-order valence-corrected chi connectivity index (χ3v) is 6.74. The van der Waals surface area contributed by atoms with Crippen molar-refractivity contribution in [2.24, 2.45) is 0 Å². The van der Waals surface area contributed by atoms with Crippen LogP contribution in [0.2, 0.25) is 5.02 Å². The van der Waals surface area contributed by atoms with Gasteiger partial charge in [0.25, 0.3) is 5.91 Å². The minimum Gasteiger partial charge on any atom is -0.348 e. The first-order chi connectivity index (χ1) is 17.3. The van der Waals surface area contributed by atoms with E-state index in [-0.39, 0.29) is 18.2 Å². The van der Waals surface area contributed by atoms with E-state index in [2.05, 4.69) is 26.8 Å². The zero-order valence-corrected chi connectivity index (χ0v) is 20.3. The van der Waals surface area contributed by atoms with Crippen LogP contribution in [0.5, 0.6) is 0 Å². The van der Waals surface area contributed by atoms with Gasteiger partial charge in [-0.15, -0.1) is 6.58 Å². The number of nitrogens with one attached hydrogen (secondary N) is 1. The molecule has 0 aliphatic carbocycles. The van der Waals surface area contributed by atoms with Crippen molar-refractivity contribution in [3.63, 3.8) is 0 Å². The van der Waals surface area contributed by atoms with E-state index < -0.39 is 22.7 Å². The summed E-state index contributed by atoms with van der Waals surface area (Å²) in [5.41, 5.74) is 2.25. The van der Waals surface area contributed by atoms with E-state index >= 15 is 0 Å². The second-order valence-electron chi connectivity index (χ2n) is 8.61. The summed E-state index contributed by atoms with van der Waals surface area (Å²) >= 11 is 5.97. The Hall–Kier alpha value is -3.23. The summed E-state index contributed by atoms with van der Waals surface area (Å²) in [5, 5.41) is 2.16. The van der Waals surface area contributed by atoms with Crippen molar-refractivity contribution >= 4 is 17.5 Å². The molecule has 1 aliphatic heterocycles. The molecule has 1 fully saturated rings. The average molecular weight is 515 g/mol. The van der Waals surface area contributed by atoms with Crippen LogP contribution in [0.4, 0.5) is 13.2 Å². The van der Waals surface area contributed by atoms with Gasteiger partial charge in [-0.3, -0.25) is 19.7 Å². The summed E-state index contributed by atoms with van der Waals surface area (Å²) in [6.07, 6.45) is 5.22. The highest BCUT2D eigenvalue weighted by atomic mass is 35.5. The largest absolute Gasteiger partial charge is 0.417 e. The number of benzene rings is 2. The maximum atomic E-state index is 13.3. The highest BCUT2D eigenvalue weighted by Crippen LogP contribution is 2.39. The Kier molecular flexibility index (Phi) is 8.06. The van der Waals surface area contributed by atoms with Gasteiger partial charge in [0.05, 0.1) is 28.0 Å². The van der Waals surface area contributed by atoms with Gasteiger partial charge in [-0.1, -0.05) is 48.4 Å². The Bertz CT molecular complexity index is 1230. The number of hydrogen-bond acceptors (Lipinski definition) is 4. The monoisotopic (exact) mass is 514 g/mol. The third kappa shape index (κ3) is 5.60. The lowest BCUT2D eigenvalue weighted by Crippen LogP contribution is -2.35. The molecule has 188 valence electrons. The number of carbonyl (C=O) groups excluding carboxylic acids is 1. The van der Waals surface area contributed by atoms with Gasteiger partial charge < -0.3 is 5.32 Å². The van der Waals surface area contributed by atoms with Crippen LogP contribution in [-0.2, 0) is 12.7 Å². The van der Waals surface area contributed by atoms with E-state index in [1.807, 2.05) is 24.3 Å². The molecule has 1 atom stereocenters. The van der Waals surface area contributed by atoms with Gasteiger partial charge in [-0.2, -0.15) is 13.2 Å². The molecule has 0 saturated carbocycles. The number of alkyl halides is 3. The Morgan fingerprint density at radius 3 is 2.72 bits per heavy atom. The molecule has 1 aromatic heterocycles. The van der Waals surface area contributed by atoms with Crippen molar-refractivity contribution in [2.75, 3.05) is 13.1 Å². The molecule has 1 N–H and O–H groups in total. The van der Waals surface area contributed by atoms with Crippen LogP contribution < -0.4 is 5.32 Å². The third-order valence-electron chi connectivity index (χ3n) is 6.33. The van der Waals surface area contributed by atoms with Crippen molar-refractivity contribution in [1.29, 1.82) is 0 Å². The van der Waals surface area contributed by atoms with Crippen LogP contribution in [0, 0.1) is 0 Å². The fraction of sp³-hybridized carbons (Fsp3) is 0.296. The number of piperidine rings is 1. The van der Waals surface area contributed by atoms with Crippen LogP contribution in [0.15, 0.2) is 67.6 Å². The van der Waals surface area contributed by atoms with E-state index in [1.165, 1.54) is 12.1 Å². The molecular formula is C27H26ClF3N4O. The number of aromatic nitrogens is 2. The quantitative estimate of drug-likeness (QED) is 0.368. The minimum atomic E-state index is -4.65. The molecule has 3 aromatic rings. The number of nitrogens with zero attached hydrogens (tertiary/aromatic N) is 3. The lowest BCUT2D eigenvalue weighted by Gasteiger charge is -2.37. The summed E-state index contributed by atoms with van der Waals surface area (Å²) < 4.78 is 39.8. The van der Waals surface area contributed by atoms with Gasteiger partial charge in [-0.25, -0.2) is 0 Å². The number of hydrogen-bond donors (Lipinski definition) is 1. The normalized spacial score (nSPS) is 16.5. The van der Waals surface area contributed by atoms with Crippen LogP contribution >= 0.6 is 11.6 Å². The Morgan fingerprint density at radius 2 is 2.00 bits per heavy atom. The van der Waals surface area contributed by atoms with Gasteiger partial charge in [0, 0.05) is 37.1 Å². The first-order valence-electron chi connectivity index (χ1n) is 11.7. The molecule has 36 heavy (non-hydrogen) atoms. The highest BCUT2D eigenvalue weighted by Gasteiger charge is 2.35. The summed E-state index contributed by atoms with van der Waals surface area (Å²) in [7, 11) is 0. The Labute approximate surface area is 213 Å². The fourth-order valence-corrected chi connectivity index (χ4v) is 5.04. The molecule has 1 amide bonds. The summed E-state index contributed by atoms with van der Waals surface area (Å²) in [4.78, 5) is 24.0. The van der Waals surface area contributed by atoms with Crippen LogP contribution in [0.1, 0.15) is 52.4 Å².